The molecule has 130 valence electrons. The van der Waals surface area contributed by atoms with E-state index in [9.17, 15) is 14.0 Å². The molecule has 2 amide bonds. The average molecular weight is 363 g/mol. The van der Waals surface area contributed by atoms with Gasteiger partial charge in [0.15, 0.2) is 0 Å². The van der Waals surface area contributed by atoms with E-state index >= 15 is 0 Å². The Kier molecular flexibility index (Phi) is 5.31. The molecule has 1 saturated heterocycles. The number of hydrogen-bond acceptors (Lipinski definition) is 3. The van der Waals surface area contributed by atoms with Crippen LogP contribution < -0.4 is 10.6 Å². The lowest BCUT2D eigenvalue weighted by Crippen LogP contribution is -2.26. The highest BCUT2D eigenvalue weighted by molar-refractivity contribution is 6.30. The molecule has 5 nitrogen and oxygen atoms in total. The van der Waals surface area contributed by atoms with E-state index in [1.54, 1.807) is 24.3 Å². The Hall–Kier alpha value is -2.44. The fourth-order valence-corrected chi connectivity index (χ4v) is 2.67. The van der Waals surface area contributed by atoms with Crippen molar-refractivity contribution in [3.8, 4) is 0 Å². The van der Waals surface area contributed by atoms with Gasteiger partial charge in [-0.3, -0.25) is 9.59 Å². The first-order valence-corrected chi connectivity index (χ1v) is 8.19. The van der Waals surface area contributed by atoms with Crippen LogP contribution in [0.3, 0.4) is 0 Å². The molecular formula is C18H16ClFN2O3. The molecule has 2 N–H and O–H groups in total. The molecule has 3 rings (SSSR count). The van der Waals surface area contributed by atoms with E-state index in [1.807, 2.05) is 0 Å². The Balaban J connectivity index is 1.62. The normalized spacial score (nSPS) is 16.5. The Bertz CT molecular complexity index is 789. The molecule has 7 heteroatoms. The van der Waals surface area contributed by atoms with Crippen molar-refractivity contribution in [1.82, 2.24) is 0 Å². The van der Waals surface area contributed by atoms with Crippen LogP contribution in [0.1, 0.15) is 23.2 Å². The lowest BCUT2D eigenvalue weighted by molar-refractivity contribution is -0.124. The minimum absolute atomic E-state index is 0.0971. The highest BCUT2D eigenvalue weighted by Crippen LogP contribution is 2.19. The molecule has 1 aliphatic heterocycles. The van der Waals surface area contributed by atoms with Crippen molar-refractivity contribution in [2.75, 3.05) is 17.2 Å². The number of amides is 2. The average Bonchev–Trinajstić information content (AvgIpc) is 3.11. The van der Waals surface area contributed by atoms with Gasteiger partial charge in [0, 0.05) is 23.0 Å². The third-order valence-electron chi connectivity index (χ3n) is 3.81. The van der Waals surface area contributed by atoms with Gasteiger partial charge in [-0.15, -0.1) is 0 Å². The van der Waals surface area contributed by atoms with Crippen LogP contribution in [-0.4, -0.2) is 24.5 Å². The molecule has 1 aliphatic rings. The number of benzene rings is 2. The fourth-order valence-electron chi connectivity index (χ4n) is 2.52. The molecule has 2 aromatic rings. The number of ether oxygens (including phenoxy) is 1. The van der Waals surface area contributed by atoms with Crippen LogP contribution in [0.4, 0.5) is 15.8 Å². The lowest BCUT2D eigenvalue weighted by Gasteiger charge is -2.11. The number of carbonyl (C=O) groups is 2. The number of hydrogen-bond donors (Lipinski definition) is 2. The second kappa shape index (κ2) is 7.63. The summed E-state index contributed by atoms with van der Waals surface area (Å²) in [6.07, 6.45) is 1.18. The zero-order valence-corrected chi connectivity index (χ0v) is 14.0. The molecule has 0 bridgehead atoms. The largest absolute Gasteiger partial charge is 0.368 e. The van der Waals surface area contributed by atoms with Gasteiger partial charge in [0.25, 0.3) is 11.8 Å². The summed E-state index contributed by atoms with van der Waals surface area (Å²) >= 11 is 5.67. The van der Waals surface area contributed by atoms with Gasteiger partial charge in [-0.1, -0.05) is 11.6 Å². The van der Waals surface area contributed by atoms with Crippen LogP contribution >= 0.6 is 11.6 Å². The molecule has 0 spiro atoms. The number of halogens is 2. The summed E-state index contributed by atoms with van der Waals surface area (Å²) in [5.41, 5.74) is 0.978. The van der Waals surface area contributed by atoms with E-state index in [0.29, 0.717) is 24.4 Å². The zero-order valence-electron chi connectivity index (χ0n) is 13.2. The molecule has 1 fully saturated rings. The van der Waals surface area contributed by atoms with Crippen LogP contribution in [0.25, 0.3) is 0 Å². The third-order valence-corrected chi connectivity index (χ3v) is 4.04. The minimum atomic E-state index is -0.689. The maximum atomic E-state index is 13.8. The molecule has 0 aromatic heterocycles. The Morgan fingerprint density at radius 3 is 2.36 bits per heavy atom. The number of nitrogens with one attached hydrogen (secondary N) is 2. The summed E-state index contributed by atoms with van der Waals surface area (Å²) in [5, 5.41) is 5.58. The van der Waals surface area contributed by atoms with Crippen LogP contribution in [-0.2, 0) is 9.53 Å². The summed E-state index contributed by atoms with van der Waals surface area (Å²) in [6, 6.07) is 10.4. The molecule has 1 heterocycles. The van der Waals surface area contributed by atoms with Crippen molar-refractivity contribution in [2.24, 2.45) is 0 Å². The molecule has 25 heavy (non-hydrogen) atoms. The molecule has 0 unspecified atom stereocenters. The topological polar surface area (TPSA) is 67.4 Å². The highest BCUT2D eigenvalue weighted by Gasteiger charge is 2.23. The first kappa shape index (κ1) is 17.4. The van der Waals surface area contributed by atoms with Gasteiger partial charge in [-0.2, -0.15) is 0 Å². The third kappa shape index (κ3) is 4.35. The van der Waals surface area contributed by atoms with Crippen molar-refractivity contribution in [3.63, 3.8) is 0 Å². The maximum Gasteiger partial charge on any atom is 0.258 e. The number of rotatable bonds is 4. The maximum absolute atomic E-state index is 13.8. The summed E-state index contributed by atoms with van der Waals surface area (Å²) in [6.45, 7) is 0.602. The van der Waals surface area contributed by atoms with Gasteiger partial charge >= 0.3 is 0 Å². The SMILES string of the molecule is O=C(Nc1ccc(NC(=O)[C@@H]2CCCO2)cc1)c1ccc(Cl)cc1F. The minimum Gasteiger partial charge on any atom is -0.368 e. The second-order valence-electron chi connectivity index (χ2n) is 5.65. The smallest absolute Gasteiger partial charge is 0.258 e. The van der Waals surface area contributed by atoms with Gasteiger partial charge in [-0.25, -0.2) is 4.39 Å². The van der Waals surface area contributed by atoms with E-state index in [1.165, 1.54) is 12.1 Å². The summed E-state index contributed by atoms with van der Waals surface area (Å²) in [5.74, 6) is -1.45. The van der Waals surface area contributed by atoms with Gasteiger partial charge in [0.1, 0.15) is 11.9 Å². The number of anilines is 2. The van der Waals surface area contributed by atoms with Crippen molar-refractivity contribution in [1.29, 1.82) is 0 Å². The summed E-state index contributed by atoms with van der Waals surface area (Å²) < 4.78 is 19.1. The van der Waals surface area contributed by atoms with Crippen molar-refractivity contribution < 1.29 is 18.7 Å². The van der Waals surface area contributed by atoms with Crippen LogP contribution in [0, 0.1) is 5.82 Å². The molecule has 1 atom stereocenters. The first-order valence-electron chi connectivity index (χ1n) is 7.82. The van der Waals surface area contributed by atoms with Crippen LogP contribution in [0.2, 0.25) is 5.02 Å². The molecule has 0 aliphatic carbocycles. The highest BCUT2D eigenvalue weighted by atomic mass is 35.5. The molecular weight excluding hydrogens is 347 g/mol. The molecule has 2 aromatic carbocycles. The van der Waals surface area contributed by atoms with Gasteiger partial charge < -0.3 is 15.4 Å². The Labute approximate surface area is 149 Å². The zero-order chi connectivity index (χ0) is 17.8. The van der Waals surface area contributed by atoms with Crippen LogP contribution in [0.5, 0.6) is 0 Å². The standard InChI is InChI=1S/C18H16ClFN2O3/c19-11-3-8-14(15(20)10-11)17(23)21-12-4-6-13(7-5-12)22-18(24)16-2-1-9-25-16/h3-8,10,16H,1-2,9H2,(H,21,23)(H,22,24)/t16-/m0/s1. The summed E-state index contributed by atoms with van der Waals surface area (Å²) in [7, 11) is 0. The van der Waals surface area contributed by atoms with Gasteiger partial charge in [0.2, 0.25) is 0 Å². The van der Waals surface area contributed by atoms with E-state index in [4.69, 9.17) is 16.3 Å². The molecule has 0 radical (unpaired) electrons. The van der Waals surface area contributed by atoms with Crippen molar-refractivity contribution in [2.45, 2.75) is 18.9 Å². The fraction of sp³-hybridized carbons (Fsp3) is 0.222. The van der Waals surface area contributed by atoms with Crippen molar-refractivity contribution >= 4 is 34.8 Å². The summed E-state index contributed by atoms with van der Waals surface area (Å²) in [4.78, 5) is 24.1. The monoisotopic (exact) mass is 362 g/mol. The first-order chi connectivity index (χ1) is 12.0. The van der Waals surface area contributed by atoms with E-state index in [2.05, 4.69) is 10.6 Å². The second-order valence-corrected chi connectivity index (χ2v) is 6.08. The molecule has 0 saturated carbocycles. The van der Waals surface area contributed by atoms with E-state index < -0.39 is 17.8 Å². The van der Waals surface area contributed by atoms with E-state index in [-0.39, 0.29) is 16.5 Å². The predicted octanol–water partition coefficient (Wildman–Crippen LogP) is 3.85. The van der Waals surface area contributed by atoms with Crippen LogP contribution in [0.15, 0.2) is 42.5 Å². The van der Waals surface area contributed by atoms with E-state index in [0.717, 1.165) is 12.5 Å². The Morgan fingerprint density at radius 1 is 1.08 bits per heavy atom. The van der Waals surface area contributed by atoms with Crippen molar-refractivity contribution in [3.05, 3.63) is 58.9 Å². The quantitative estimate of drug-likeness (QED) is 0.868. The Morgan fingerprint density at radius 2 is 1.76 bits per heavy atom. The lowest BCUT2D eigenvalue weighted by atomic mass is 10.2. The number of carbonyl (C=O) groups excluding carboxylic acids is 2. The van der Waals surface area contributed by atoms with Gasteiger partial charge in [-0.05, 0) is 55.3 Å². The predicted molar refractivity (Wildman–Crippen MR) is 93.4 cm³/mol. The van der Waals surface area contributed by atoms with Gasteiger partial charge in [0.05, 0.1) is 5.56 Å².